The van der Waals surface area contributed by atoms with Gasteiger partial charge in [0.15, 0.2) is 4.77 Å². The third-order valence-electron chi connectivity index (χ3n) is 3.97. The van der Waals surface area contributed by atoms with E-state index in [0.29, 0.717) is 5.41 Å². The number of para-hydroxylation sites is 1. The molecule has 1 aliphatic carbocycles. The van der Waals surface area contributed by atoms with Crippen molar-refractivity contribution < 1.29 is 0 Å². The third kappa shape index (κ3) is 1.99. The number of rotatable bonds is 4. The molecule has 3 rings (SSSR count). The van der Waals surface area contributed by atoms with Gasteiger partial charge in [-0.05, 0) is 49.0 Å². The highest BCUT2D eigenvalue weighted by Gasteiger charge is 2.42. The molecule has 1 aromatic heterocycles. The van der Waals surface area contributed by atoms with E-state index in [1.165, 1.54) is 25.7 Å². The average Bonchev–Trinajstić information content (AvgIpc) is 3.00. The van der Waals surface area contributed by atoms with Crippen LogP contribution in [0.5, 0.6) is 0 Å². The summed E-state index contributed by atoms with van der Waals surface area (Å²) >= 11 is 11.8. The van der Waals surface area contributed by atoms with Gasteiger partial charge in [0.1, 0.15) is 0 Å². The van der Waals surface area contributed by atoms with E-state index in [2.05, 4.69) is 16.5 Å². The first kappa shape index (κ1) is 12.2. The lowest BCUT2D eigenvalue weighted by molar-refractivity contribution is 0.391. The number of fused-ring (bicyclic) bond motifs is 1. The van der Waals surface area contributed by atoms with Crippen molar-refractivity contribution in [3.05, 3.63) is 28.0 Å². The lowest BCUT2D eigenvalue weighted by Gasteiger charge is -2.15. The van der Waals surface area contributed by atoms with Crippen LogP contribution in [0.4, 0.5) is 0 Å². The van der Waals surface area contributed by atoms with Gasteiger partial charge < -0.3 is 9.55 Å². The zero-order chi connectivity index (χ0) is 12.8. The normalized spacial score (nSPS) is 17.2. The quantitative estimate of drug-likeness (QED) is 0.787. The van der Waals surface area contributed by atoms with Crippen LogP contribution in [0.15, 0.2) is 18.2 Å². The highest BCUT2D eigenvalue weighted by Crippen LogP contribution is 2.51. The molecule has 2 nitrogen and oxygen atoms in total. The Hall–Kier alpha value is -0.800. The summed E-state index contributed by atoms with van der Waals surface area (Å²) in [7, 11) is 0. The van der Waals surface area contributed by atoms with Crippen molar-refractivity contribution in [1.29, 1.82) is 0 Å². The Morgan fingerprint density at radius 1 is 1.44 bits per heavy atom. The Balaban J connectivity index is 2.06. The zero-order valence-corrected chi connectivity index (χ0v) is 12.1. The number of aromatic nitrogens is 2. The largest absolute Gasteiger partial charge is 0.331 e. The minimum Gasteiger partial charge on any atom is -0.331 e. The lowest BCUT2D eigenvalue weighted by Crippen LogP contribution is -2.11. The number of nitrogens with one attached hydrogen (secondary N) is 1. The lowest BCUT2D eigenvalue weighted by atomic mass is 10.0. The summed E-state index contributed by atoms with van der Waals surface area (Å²) < 4.78 is 2.98. The first-order valence-electron chi connectivity index (χ1n) is 6.52. The summed E-state index contributed by atoms with van der Waals surface area (Å²) in [5, 5.41) is 0.784. The highest BCUT2D eigenvalue weighted by atomic mass is 35.5. The van der Waals surface area contributed by atoms with Gasteiger partial charge in [0.2, 0.25) is 0 Å². The molecule has 96 valence electrons. The fraction of sp³-hybridized carbons (Fsp3) is 0.500. The highest BCUT2D eigenvalue weighted by molar-refractivity contribution is 7.71. The standard InChI is InChI=1S/C14H17ClN2S/c1-2-6-14(7-8-14)9-17-12-10(15)4-3-5-11(12)16-13(17)18/h3-5H,2,6-9H2,1H3,(H,16,18). The molecule has 0 bridgehead atoms. The van der Waals surface area contributed by atoms with Crippen LogP contribution in [0, 0.1) is 10.2 Å². The summed E-state index contributed by atoms with van der Waals surface area (Å²) in [4.78, 5) is 3.25. The molecule has 0 amide bonds. The summed E-state index contributed by atoms with van der Waals surface area (Å²) in [5.41, 5.74) is 2.58. The van der Waals surface area contributed by atoms with Crippen molar-refractivity contribution in [3.8, 4) is 0 Å². The number of aromatic amines is 1. The maximum Gasteiger partial charge on any atom is 0.178 e. The van der Waals surface area contributed by atoms with Gasteiger partial charge >= 0.3 is 0 Å². The van der Waals surface area contributed by atoms with Gasteiger partial charge in [-0.2, -0.15) is 0 Å². The van der Waals surface area contributed by atoms with Crippen LogP contribution >= 0.6 is 23.8 Å². The van der Waals surface area contributed by atoms with Crippen molar-refractivity contribution in [3.63, 3.8) is 0 Å². The van der Waals surface area contributed by atoms with Crippen molar-refractivity contribution in [2.45, 2.75) is 39.2 Å². The third-order valence-corrected chi connectivity index (χ3v) is 4.60. The van der Waals surface area contributed by atoms with E-state index >= 15 is 0 Å². The van der Waals surface area contributed by atoms with E-state index in [1.807, 2.05) is 18.2 Å². The average molecular weight is 281 g/mol. The van der Waals surface area contributed by atoms with Crippen LogP contribution < -0.4 is 0 Å². The van der Waals surface area contributed by atoms with Gasteiger partial charge in [0.25, 0.3) is 0 Å². The molecule has 0 unspecified atom stereocenters. The Kier molecular flexibility index (Phi) is 2.99. The van der Waals surface area contributed by atoms with Gasteiger partial charge in [0.05, 0.1) is 16.1 Å². The molecule has 0 saturated heterocycles. The van der Waals surface area contributed by atoms with Crippen molar-refractivity contribution in [1.82, 2.24) is 9.55 Å². The molecule has 2 aromatic rings. The van der Waals surface area contributed by atoms with E-state index < -0.39 is 0 Å². The molecule has 0 radical (unpaired) electrons. The van der Waals surface area contributed by atoms with E-state index in [0.717, 1.165) is 27.4 Å². The number of H-pyrrole nitrogens is 1. The number of hydrogen-bond donors (Lipinski definition) is 1. The molecule has 1 aromatic carbocycles. The van der Waals surface area contributed by atoms with Crippen molar-refractivity contribution >= 4 is 34.9 Å². The number of halogens is 1. The maximum atomic E-state index is 6.31. The molecule has 1 heterocycles. The Morgan fingerprint density at radius 2 is 2.22 bits per heavy atom. The molecular formula is C14H17ClN2S. The molecule has 0 spiro atoms. The van der Waals surface area contributed by atoms with E-state index in [9.17, 15) is 0 Å². The second-order valence-electron chi connectivity index (χ2n) is 5.40. The Bertz CT molecular complexity index is 637. The molecule has 1 N–H and O–H groups in total. The predicted molar refractivity (Wildman–Crippen MR) is 78.7 cm³/mol. The van der Waals surface area contributed by atoms with E-state index in [4.69, 9.17) is 23.8 Å². The minimum atomic E-state index is 0.473. The zero-order valence-electron chi connectivity index (χ0n) is 10.5. The molecule has 1 saturated carbocycles. The van der Waals surface area contributed by atoms with Crippen LogP contribution in [0.3, 0.4) is 0 Å². The topological polar surface area (TPSA) is 20.7 Å². The van der Waals surface area contributed by atoms with Crippen LogP contribution in [0.1, 0.15) is 32.6 Å². The SMILES string of the molecule is CCCC1(Cn2c(=S)[nH]c3cccc(Cl)c32)CC1. The Morgan fingerprint density at radius 3 is 2.89 bits per heavy atom. The molecule has 1 aliphatic rings. The Labute approximate surface area is 117 Å². The monoisotopic (exact) mass is 280 g/mol. The summed E-state index contributed by atoms with van der Waals surface area (Å²) in [6, 6.07) is 5.93. The first-order chi connectivity index (χ1) is 8.65. The van der Waals surface area contributed by atoms with E-state index in [1.54, 1.807) is 0 Å². The molecule has 4 heteroatoms. The minimum absolute atomic E-state index is 0.473. The molecule has 0 atom stereocenters. The fourth-order valence-electron chi connectivity index (χ4n) is 2.86. The van der Waals surface area contributed by atoms with E-state index in [-0.39, 0.29) is 0 Å². The van der Waals surface area contributed by atoms with Crippen molar-refractivity contribution in [2.24, 2.45) is 5.41 Å². The maximum absolute atomic E-state index is 6.31. The van der Waals surface area contributed by atoms with Gasteiger partial charge in [-0.3, -0.25) is 0 Å². The van der Waals surface area contributed by atoms with Crippen LogP contribution in [0.2, 0.25) is 5.02 Å². The predicted octanol–water partition coefficient (Wildman–Crippen LogP) is 4.93. The molecular weight excluding hydrogens is 264 g/mol. The van der Waals surface area contributed by atoms with Gasteiger partial charge in [-0.1, -0.05) is 31.0 Å². The number of benzene rings is 1. The van der Waals surface area contributed by atoms with Crippen LogP contribution in [-0.2, 0) is 6.54 Å². The molecule has 18 heavy (non-hydrogen) atoms. The molecule has 0 aliphatic heterocycles. The van der Waals surface area contributed by atoms with Gasteiger partial charge in [-0.15, -0.1) is 0 Å². The molecule has 1 fully saturated rings. The number of nitrogens with zero attached hydrogens (tertiary/aromatic N) is 1. The number of imidazole rings is 1. The van der Waals surface area contributed by atoms with Crippen molar-refractivity contribution in [2.75, 3.05) is 0 Å². The fourth-order valence-corrected chi connectivity index (χ4v) is 3.40. The first-order valence-corrected chi connectivity index (χ1v) is 7.31. The summed E-state index contributed by atoms with van der Waals surface area (Å²) in [6.07, 6.45) is 5.16. The second kappa shape index (κ2) is 4.39. The van der Waals surface area contributed by atoms with Gasteiger partial charge in [0, 0.05) is 6.54 Å². The summed E-state index contributed by atoms with van der Waals surface area (Å²) in [6.45, 7) is 3.25. The summed E-state index contributed by atoms with van der Waals surface area (Å²) in [5.74, 6) is 0. The smallest absolute Gasteiger partial charge is 0.178 e. The van der Waals surface area contributed by atoms with Gasteiger partial charge in [-0.25, -0.2) is 0 Å². The van der Waals surface area contributed by atoms with Crippen LogP contribution in [-0.4, -0.2) is 9.55 Å². The second-order valence-corrected chi connectivity index (χ2v) is 6.20. The number of hydrogen-bond acceptors (Lipinski definition) is 1. The van der Waals surface area contributed by atoms with Crippen LogP contribution in [0.25, 0.3) is 11.0 Å².